The van der Waals surface area contributed by atoms with Gasteiger partial charge in [0.15, 0.2) is 11.6 Å². The van der Waals surface area contributed by atoms with Gasteiger partial charge in [0.1, 0.15) is 18.3 Å². The Morgan fingerprint density at radius 3 is 2.96 bits per heavy atom. The van der Waals surface area contributed by atoms with Crippen LogP contribution >= 0.6 is 0 Å². The summed E-state index contributed by atoms with van der Waals surface area (Å²) in [7, 11) is 1.66. The van der Waals surface area contributed by atoms with Crippen molar-refractivity contribution in [1.29, 1.82) is 0 Å². The average molecular weight is 319 g/mol. The number of likely N-dealkylation sites (tertiary alicyclic amines) is 1. The zero-order valence-corrected chi connectivity index (χ0v) is 14.1. The molecule has 0 radical (unpaired) electrons. The highest BCUT2D eigenvalue weighted by Crippen LogP contribution is 2.30. The van der Waals surface area contributed by atoms with E-state index in [1.165, 1.54) is 12.8 Å². The molecule has 2 aromatic rings. The molecule has 0 bridgehead atoms. The summed E-state index contributed by atoms with van der Waals surface area (Å²) in [5.41, 5.74) is 0. The van der Waals surface area contributed by atoms with Gasteiger partial charge in [-0.05, 0) is 33.2 Å². The van der Waals surface area contributed by atoms with Gasteiger partial charge in [-0.3, -0.25) is 10.00 Å². The van der Waals surface area contributed by atoms with Gasteiger partial charge in [-0.25, -0.2) is 4.98 Å². The number of hydrogen-bond donors (Lipinski definition) is 1. The van der Waals surface area contributed by atoms with Crippen LogP contribution in [0.3, 0.4) is 0 Å². The number of hydrogen-bond acceptors (Lipinski definition) is 6. The first-order valence-electron chi connectivity index (χ1n) is 8.25. The van der Waals surface area contributed by atoms with Crippen molar-refractivity contribution < 1.29 is 4.74 Å². The molecule has 23 heavy (non-hydrogen) atoms. The Kier molecular flexibility index (Phi) is 5.02. The fraction of sp³-hybridized carbons (Fsp3) is 0.733. The molecule has 0 spiro atoms. The molecule has 1 atom stereocenters. The molecule has 1 saturated heterocycles. The Bertz CT molecular complexity index is 636. The van der Waals surface area contributed by atoms with Gasteiger partial charge in [0, 0.05) is 13.7 Å². The van der Waals surface area contributed by atoms with Gasteiger partial charge in [-0.1, -0.05) is 6.42 Å². The minimum absolute atomic E-state index is 0.230. The Balaban J connectivity index is 1.77. The summed E-state index contributed by atoms with van der Waals surface area (Å²) in [5.74, 6) is 3.62. The first-order valence-corrected chi connectivity index (χ1v) is 8.25. The second-order valence-corrected chi connectivity index (χ2v) is 5.96. The predicted molar refractivity (Wildman–Crippen MR) is 84.5 cm³/mol. The molecule has 3 rings (SSSR count). The summed E-state index contributed by atoms with van der Waals surface area (Å²) in [6, 6.07) is 0.230. The standard InChI is InChI=1S/C15H25N7O/c1-4-22-11(2)17-19-14(22)9-21-8-6-5-7-12(21)15-16-13(10-23-3)18-20-15/h12H,4-10H2,1-3H3,(H,16,18,20). The van der Waals surface area contributed by atoms with E-state index in [1.807, 2.05) is 6.92 Å². The van der Waals surface area contributed by atoms with Gasteiger partial charge in [-0.15, -0.1) is 10.2 Å². The van der Waals surface area contributed by atoms with E-state index in [2.05, 4.69) is 41.8 Å². The maximum absolute atomic E-state index is 5.12. The van der Waals surface area contributed by atoms with Crippen molar-refractivity contribution in [2.24, 2.45) is 0 Å². The lowest BCUT2D eigenvalue weighted by Crippen LogP contribution is -2.34. The van der Waals surface area contributed by atoms with Gasteiger partial charge in [0.05, 0.1) is 12.6 Å². The minimum Gasteiger partial charge on any atom is -0.377 e. The van der Waals surface area contributed by atoms with Crippen LogP contribution in [-0.4, -0.2) is 48.5 Å². The van der Waals surface area contributed by atoms with Crippen LogP contribution in [0.25, 0.3) is 0 Å². The van der Waals surface area contributed by atoms with E-state index in [-0.39, 0.29) is 6.04 Å². The van der Waals surface area contributed by atoms with Crippen LogP contribution < -0.4 is 0 Å². The highest BCUT2D eigenvalue weighted by Gasteiger charge is 2.28. The number of nitrogens with one attached hydrogen (secondary N) is 1. The maximum atomic E-state index is 5.12. The summed E-state index contributed by atoms with van der Waals surface area (Å²) in [5, 5.41) is 15.9. The third-order valence-electron chi connectivity index (χ3n) is 4.41. The first-order chi connectivity index (χ1) is 11.2. The molecule has 0 aromatic carbocycles. The van der Waals surface area contributed by atoms with Crippen molar-refractivity contribution in [2.75, 3.05) is 13.7 Å². The van der Waals surface area contributed by atoms with E-state index >= 15 is 0 Å². The number of methoxy groups -OCH3 is 1. The van der Waals surface area contributed by atoms with Crippen molar-refractivity contribution in [3.8, 4) is 0 Å². The van der Waals surface area contributed by atoms with Crippen molar-refractivity contribution in [1.82, 2.24) is 34.8 Å². The van der Waals surface area contributed by atoms with E-state index < -0.39 is 0 Å². The van der Waals surface area contributed by atoms with Crippen LogP contribution in [-0.2, 0) is 24.4 Å². The monoisotopic (exact) mass is 319 g/mol. The van der Waals surface area contributed by atoms with Gasteiger partial charge in [-0.2, -0.15) is 5.10 Å². The van der Waals surface area contributed by atoms with Gasteiger partial charge in [0.25, 0.3) is 0 Å². The minimum atomic E-state index is 0.230. The number of aromatic nitrogens is 6. The van der Waals surface area contributed by atoms with E-state index in [0.29, 0.717) is 6.61 Å². The van der Waals surface area contributed by atoms with Crippen LogP contribution in [0.2, 0.25) is 0 Å². The second-order valence-electron chi connectivity index (χ2n) is 5.96. The summed E-state index contributed by atoms with van der Waals surface area (Å²) in [6.45, 7) is 7.30. The predicted octanol–water partition coefficient (Wildman–Crippen LogP) is 1.60. The van der Waals surface area contributed by atoms with Gasteiger partial charge < -0.3 is 9.30 Å². The first kappa shape index (κ1) is 16.1. The molecule has 1 unspecified atom stereocenters. The summed E-state index contributed by atoms with van der Waals surface area (Å²) in [6.07, 6.45) is 3.48. The van der Waals surface area contributed by atoms with Crippen LogP contribution in [0.5, 0.6) is 0 Å². The second kappa shape index (κ2) is 7.18. The van der Waals surface area contributed by atoms with Crippen LogP contribution in [0.4, 0.5) is 0 Å². The fourth-order valence-corrected chi connectivity index (χ4v) is 3.27. The zero-order chi connectivity index (χ0) is 16.2. The lowest BCUT2D eigenvalue weighted by atomic mass is 10.0. The summed E-state index contributed by atoms with van der Waals surface area (Å²) in [4.78, 5) is 7.00. The molecule has 8 nitrogen and oxygen atoms in total. The molecule has 0 aliphatic carbocycles. The molecular formula is C15H25N7O. The normalized spacial score (nSPS) is 19.3. The largest absolute Gasteiger partial charge is 0.377 e. The molecule has 1 N–H and O–H groups in total. The molecule has 126 valence electrons. The molecule has 3 heterocycles. The molecule has 8 heteroatoms. The van der Waals surface area contributed by atoms with Crippen LogP contribution in [0, 0.1) is 6.92 Å². The smallest absolute Gasteiger partial charge is 0.167 e. The zero-order valence-electron chi connectivity index (χ0n) is 14.1. The van der Waals surface area contributed by atoms with E-state index in [4.69, 9.17) is 4.74 Å². The Morgan fingerprint density at radius 1 is 1.30 bits per heavy atom. The SMILES string of the molecule is CCn1c(C)nnc1CN1CCCCC1c1n[nH]c(COC)n1. The molecule has 1 fully saturated rings. The molecule has 0 amide bonds. The quantitative estimate of drug-likeness (QED) is 0.870. The maximum Gasteiger partial charge on any atom is 0.167 e. The Labute approximate surface area is 136 Å². The number of piperidine rings is 1. The highest BCUT2D eigenvalue weighted by molar-refractivity contribution is 5.01. The molecule has 1 aliphatic rings. The highest BCUT2D eigenvalue weighted by atomic mass is 16.5. The molecule has 1 aliphatic heterocycles. The third kappa shape index (κ3) is 3.42. The fourth-order valence-electron chi connectivity index (χ4n) is 3.27. The van der Waals surface area contributed by atoms with Crippen molar-refractivity contribution in [3.05, 3.63) is 23.3 Å². The van der Waals surface area contributed by atoms with Crippen molar-refractivity contribution >= 4 is 0 Å². The van der Waals surface area contributed by atoms with Crippen LogP contribution in [0.15, 0.2) is 0 Å². The van der Waals surface area contributed by atoms with E-state index in [9.17, 15) is 0 Å². The number of rotatable bonds is 6. The van der Waals surface area contributed by atoms with Gasteiger partial charge in [0.2, 0.25) is 0 Å². The topological polar surface area (TPSA) is 84.8 Å². The van der Waals surface area contributed by atoms with Crippen molar-refractivity contribution in [2.45, 2.75) is 58.8 Å². The average Bonchev–Trinajstić information content (AvgIpc) is 3.15. The molecule has 2 aromatic heterocycles. The van der Waals surface area contributed by atoms with Crippen LogP contribution in [0.1, 0.15) is 55.5 Å². The van der Waals surface area contributed by atoms with Crippen molar-refractivity contribution in [3.63, 3.8) is 0 Å². The Hall–Kier alpha value is -1.80. The third-order valence-corrected chi connectivity index (χ3v) is 4.41. The lowest BCUT2D eigenvalue weighted by Gasteiger charge is -2.33. The summed E-state index contributed by atoms with van der Waals surface area (Å²) < 4.78 is 7.28. The number of aryl methyl sites for hydroxylation is 1. The number of nitrogens with zero attached hydrogens (tertiary/aromatic N) is 6. The summed E-state index contributed by atoms with van der Waals surface area (Å²) >= 11 is 0. The number of H-pyrrole nitrogens is 1. The number of aromatic amines is 1. The molecular weight excluding hydrogens is 294 g/mol. The van der Waals surface area contributed by atoms with E-state index in [1.54, 1.807) is 7.11 Å². The van der Waals surface area contributed by atoms with Gasteiger partial charge >= 0.3 is 0 Å². The lowest BCUT2D eigenvalue weighted by molar-refractivity contribution is 0.128. The van der Waals surface area contributed by atoms with E-state index in [0.717, 1.165) is 49.4 Å². The number of ether oxygens (including phenoxy) is 1. The Morgan fingerprint density at radius 2 is 2.17 bits per heavy atom. The molecule has 0 saturated carbocycles.